The van der Waals surface area contributed by atoms with Crippen molar-refractivity contribution in [3.63, 3.8) is 0 Å². The van der Waals surface area contributed by atoms with E-state index in [0.717, 1.165) is 42.3 Å². The van der Waals surface area contributed by atoms with Crippen molar-refractivity contribution in [2.45, 2.75) is 18.8 Å². The van der Waals surface area contributed by atoms with Crippen LogP contribution in [0.15, 0.2) is 43.0 Å². The van der Waals surface area contributed by atoms with Gasteiger partial charge in [-0.2, -0.15) is 13.2 Å². The van der Waals surface area contributed by atoms with Crippen molar-refractivity contribution in [2.24, 2.45) is 0 Å². The molecule has 1 aromatic carbocycles. The first-order valence-corrected chi connectivity index (χ1v) is 8.17. The first-order valence-electron chi connectivity index (χ1n) is 8.17. The molecule has 0 unspecified atom stereocenters. The van der Waals surface area contributed by atoms with Crippen molar-refractivity contribution >= 4 is 11.5 Å². The van der Waals surface area contributed by atoms with Crippen LogP contribution in [0.5, 0.6) is 0 Å². The van der Waals surface area contributed by atoms with Gasteiger partial charge in [0.1, 0.15) is 6.33 Å². The van der Waals surface area contributed by atoms with Crippen molar-refractivity contribution in [2.75, 3.05) is 25.0 Å². The van der Waals surface area contributed by atoms with E-state index in [1.807, 2.05) is 11.4 Å². The number of hydrogen-bond acceptors (Lipinski definition) is 5. The Kier molecular flexibility index (Phi) is 4.03. The lowest BCUT2D eigenvalue weighted by molar-refractivity contribution is -0.137. The van der Waals surface area contributed by atoms with E-state index in [1.54, 1.807) is 18.7 Å². The van der Waals surface area contributed by atoms with Crippen molar-refractivity contribution in [3.05, 3.63) is 54.1 Å². The number of likely N-dealkylation sites (N-methyl/N-ethyl adjacent to an activating group) is 1. The Morgan fingerprint density at radius 3 is 2.62 bits per heavy atom. The molecule has 26 heavy (non-hydrogen) atoms. The fraction of sp³-hybridized carbons (Fsp3) is 0.353. The molecule has 9 heteroatoms. The molecule has 0 saturated carbocycles. The van der Waals surface area contributed by atoms with E-state index < -0.39 is 11.7 Å². The minimum Gasteiger partial charge on any atom is -0.350 e. The smallest absolute Gasteiger partial charge is 0.350 e. The lowest BCUT2D eigenvalue weighted by Gasteiger charge is -2.44. The monoisotopic (exact) mass is 362 g/mol. The molecule has 3 heterocycles. The van der Waals surface area contributed by atoms with Crippen LogP contribution in [-0.4, -0.2) is 50.7 Å². The average molecular weight is 362 g/mol. The van der Waals surface area contributed by atoms with E-state index in [-0.39, 0.29) is 0 Å². The van der Waals surface area contributed by atoms with Crippen molar-refractivity contribution < 1.29 is 13.2 Å². The molecule has 0 aliphatic carbocycles. The summed E-state index contributed by atoms with van der Waals surface area (Å²) in [6.07, 6.45) is 0.848. The Morgan fingerprint density at radius 1 is 1.19 bits per heavy atom. The second kappa shape index (κ2) is 6.24. The number of alkyl halides is 3. The van der Waals surface area contributed by atoms with Crippen molar-refractivity contribution in [3.8, 4) is 0 Å². The summed E-state index contributed by atoms with van der Waals surface area (Å²) in [7, 11) is 1.98. The van der Waals surface area contributed by atoms with E-state index in [1.165, 1.54) is 12.1 Å². The zero-order valence-electron chi connectivity index (χ0n) is 14.1. The lowest BCUT2D eigenvalue weighted by atomic mass is 10.1. The SMILES string of the molecule is CN(Cc1ccc(C(F)(F)F)cc1)C1CN(c2nccn3cnnc23)C1. The molecule has 4 rings (SSSR count). The predicted molar refractivity (Wildman–Crippen MR) is 89.7 cm³/mol. The molecule has 0 amide bonds. The van der Waals surface area contributed by atoms with Gasteiger partial charge in [-0.05, 0) is 24.7 Å². The van der Waals surface area contributed by atoms with Gasteiger partial charge in [0.15, 0.2) is 5.82 Å². The maximum absolute atomic E-state index is 12.6. The van der Waals surface area contributed by atoms with Crippen LogP contribution in [0, 0.1) is 0 Å². The third-order valence-corrected chi connectivity index (χ3v) is 4.70. The van der Waals surface area contributed by atoms with Crippen LogP contribution in [0.25, 0.3) is 5.65 Å². The summed E-state index contributed by atoms with van der Waals surface area (Å²) in [5.74, 6) is 0.796. The van der Waals surface area contributed by atoms with Crippen LogP contribution in [0.4, 0.5) is 19.0 Å². The number of rotatable bonds is 4. The van der Waals surface area contributed by atoms with Gasteiger partial charge in [0.2, 0.25) is 5.65 Å². The number of benzene rings is 1. The zero-order chi connectivity index (χ0) is 18.3. The molecule has 6 nitrogen and oxygen atoms in total. The summed E-state index contributed by atoms with van der Waals surface area (Å²) < 4.78 is 39.7. The van der Waals surface area contributed by atoms with Gasteiger partial charge in [0.05, 0.1) is 5.56 Å². The summed E-state index contributed by atoms with van der Waals surface area (Å²) in [5.41, 5.74) is 0.958. The molecule has 1 aliphatic heterocycles. The number of hydrogen-bond donors (Lipinski definition) is 0. The van der Waals surface area contributed by atoms with Gasteiger partial charge in [-0.15, -0.1) is 10.2 Å². The normalized spacial score (nSPS) is 15.7. The Hall–Kier alpha value is -2.68. The lowest BCUT2D eigenvalue weighted by Crippen LogP contribution is -2.58. The molecule has 0 spiro atoms. The molecule has 136 valence electrons. The van der Waals surface area contributed by atoms with E-state index in [2.05, 4.69) is 25.0 Å². The predicted octanol–water partition coefficient (Wildman–Crippen LogP) is 2.46. The van der Waals surface area contributed by atoms with Gasteiger partial charge in [-0.1, -0.05) is 12.1 Å². The largest absolute Gasteiger partial charge is 0.416 e. The van der Waals surface area contributed by atoms with Crippen LogP contribution in [0.1, 0.15) is 11.1 Å². The number of halogens is 3. The van der Waals surface area contributed by atoms with Crippen LogP contribution in [-0.2, 0) is 12.7 Å². The molecule has 1 aliphatic rings. The third-order valence-electron chi connectivity index (χ3n) is 4.70. The quantitative estimate of drug-likeness (QED) is 0.714. The molecule has 0 radical (unpaired) electrons. The molecule has 1 fully saturated rings. The minimum atomic E-state index is -4.30. The summed E-state index contributed by atoms with van der Waals surface area (Å²) >= 11 is 0. The van der Waals surface area contributed by atoms with Crippen molar-refractivity contribution in [1.82, 2.24) is 24.5 Å². The second-order valence-corrected chi connectivity index (χ2v) is 6.48. The van der Waals surface area contributed by atoms with Crippen LogP contribution >= 0.6 is 0 Å². The average Bonchev–Trinajstić information content (AvgIpc) is 3.02. The topological polar surface area (TPSA) is 49.6 Å². The van der Waals surface area contributed by atoms with Gasteiger partial charge >= 0.3 is 6.18 Å². The summed E-state index contributed by atoms with van der Waals surface area (Å²) in [6, 6.07) is 5.64. The Morgan fingerprint density at radius 2 is 1.92 bits per heavy atom. The molecule has 3 aromatic rings. The van der Waals surface area contributed by atoms with E-state index >= 15 is 0 Å². The molecular formula is C17H17F3N6. The molecule has 0 bridgehead atoms. The molecule has 2 aromatic heterocycles. The second-order valence-electron chi connectivity index (χ2n) is 6.48. The van der Waals surface area contributed by atoms with Crippen LogP contribution in [0.3, 0.4) is 0 Å². The first-order chi connectivity index (χ1) is 12.4. The Labute approximate surface area is 147 Å². The fourth-order valence-corrected chi connectivity index (χ4v) is 3.09. The maximum Gasteiger partial charge on any atom is 0.416 e. The maximum atomic E-state index is 12.6. The van der Waals surface area contributed by atoms with Crippen molar-refractivity contribution in [1.29, 1.82) is 0 Å². The van der Waals surface area contributed by atoms with Gasteiger partial charge in [-0.3, -0.25) is 9.30 Å². The third kappa shape index (κ3) is 3.10. The molecule has 1 saturated heterocycles. The Bertz CT molecular complexity index is 899. The molecular weight excluding hydrogens is 345 g/mol. The standard InChI is InChI=1S/C17H17F3N6/c1-24(8-12-2-4-13(5-3-12)17(18,19)20)14-9-26(10-14)15-16-23-22-11-25(16)7-6-21-15/h2-7,11,14H,8-10H2,1H3. The molecule has 0 N–H and O–H groups in total. The van der Waals surface area contributed by atoms with E-state index in [0.29, 0.717) is 12.6 Å². The first kappa shape index (κ1) is 16.8. The van der Waals surface area contributed by atoms with Gasteiger partial charge in [-0.25, -0.2) is 4.98 Å². The van der Waals surface area contributed by atoms with Crippen LogP contribution < -0.4 is 4.90 Å². The van der Waals surface area contributed by atoms with Gasteiger partial charge < -0.3 is 4.90 Å². The van der Waals surface area contributed by atoms with E-state index in [4.69, 9.17) is 0 Å². The summed E-state index contributed by atoms with van der Waals surface area (Å²) in [6.45, 7) is 2.17. The summed E-state index contributed by atoms with van der Waals surface area (Å²) in [4.78, 5) is 8.65. The highest BCUT2D eigenvalue weighted by atomic mass is 19.4. The van der Waals surface area contributed by atoms with Gasteiger partial charge in [0, 0.05) is 38.1 Å². The number of aromatic nitrogens is 4. The number of fused-ring (bicyclic) bond motifs is 1. The minimum absolute atomic E-state index is 0.308. The number of nitrogens with zero attached hydrogens (tertiary/aromatic N) is 6. The fourth-order valence-electron chi connectivity index (χ4n) is 3.09. The van der Waals surface area contributed by atoms with Crippen LogP contribution in [0.2, 0.25) is 0 Å². The van der Waals surface area contributed by atoms with E-state index in [9.17, 15) is 13.2 Å². The highest BCUT2D eigenvalue weighted by molar-refractivity contribution is 5.64. The highest BCUT2D eigenvalue weighted by Crippen LogP contribution is 2.29. The number of anilines is 1. The van der Waals surface area contributed by atoms with Gasteiger partial charge in [0.25, 0.3) is 0 Å². The highest BCUT2D eigenvalue weighted by Gasteiger charge is 2.33. The molecule has 0 atom stereocenters. The summed E-state index contributed by atoms with van der Waals surface area (Å²) in [5, 5.41) is 7.98. The Balaban J connectivity index is 1.37. The zero-order valence-corrected chi connectivity index (χ0v) is 14.1.